The van der Waals surface area contributed by atoms with E-state index in [2.05, 4.69) is 38.8 Å². The minimum Gasteiger partial charge on any atom is -0.299 e. The predicted molar refractivity (Wildman–Crippen MR) is 127 cm³/mol. The van der Waals surface area contributed by atoms with E-state index in [0.29, 0.717) is 11.6 Å². The fraction of sp³-hybridized carbons (Fsp3) is 0.231. The molecule has 0 bridgehead atoms. The van der Waals surface area contributed by atoms with Crippen molar-refractivity contribution >= 4 is 17.5 Å². The molecule has 1 atom stereocenters. The topological polar surface area (TPSA) is 60.7 Å². The minimum atomic E-state index is -0.398. The highest BCUT2D eigenvalue weighted by atomic mass is 32.2. The van der Waals surface area contributed by atoms with Crippen LogP contribution in [0.3, 0.4) is 0 Å². The van der Waals surface area contributed by atoms with Gasteiger partial charge in [-0.05, 0) is 44.4 Å². The van der Waals surface area contributed by atoms with Gasteiger partial charge < -0.3 is 0 Å². The molecule has 0 radical (unpaired) electrons. The summed E-state index contributed by atoms with van der Waals surface area (Å²) in [6.45, 7) is 4.08. The Bertz CT molecular complexity index is 1230. The average molecular weight is 441 g/mol. The van der Waals surface area contributed by atoms with E-state index in [1.54, 1.807) is 12.4 Å². The first-order valence-corrected chi connectivity index (χ1v) is 11.7. The number of carbonyl (C=O) groups is 1. The Morgan fingerprint density at radius 2 is 1.53 bits per heavy atom. The predicted octanol–water partition coefficient (Wildman–Crippen LogP) is 6.01. The van der Waals surface area contributed by atoms with Gasteiger partial charge in [0.15, 0.2) is 16.8 Å². The molecule has 32 heavy (non-hydrogen) atoms. The first kappa shape index (κ1) is 20.6. The third-order valence-corrected chi connectivity index (χ3v) is 6.90. The zero-order valence-electron chi connectivity index (χ0n) is 18.1. The third-order valence-electron chi connectivity index (χ3n) is 5.69. The fourth-order valence-corrected chi connectivity index (χ4v) is 4.89. The Kier molecular flexibility index (Phi) is 5.62. The van der Waals surface area contributed by atoms with Crippen molar-refractivity contribution in [3.05, 3.63) is 95.3 Å². The number of pyridine rings is 1. The fourth-order valence-electron chi connectivity index (χ4n) is 3.71. The number of carbonyl (C=O) groups excluding carboxylic acids is 1. The molecule has 1 unspecified atom stereocenters. The number of ketones is 1. The monoisotopic (exact) mass is 440 g/mol. The van der Waals surface area contributed by atoms with Crippen molar-refractivity contribution in [2.24, 2.45) is 0 Å². The molecule has 5 nitrogen and oxygen atoms in total. The number of nitrogens with zero attached hydrogens (tertiary/aromatic N) is 4. The van der Waals surface area contributed by atoms with Crippen LogP contribution in [-0.2, 0) is 0 Å². The van der Waals surface area contributed by atoms with E-state index in [4.69, 9.17) is 0 Å². The second kappa shape index (κ2) is 8.71. The lowest BCUT2D eigenvalue weighted by atomic mass is 10.0. The van der Waals surface area contributed by atoms with Gasteiger partial charge in [0.2, 0.25) is 0 Å². The van der Waals surface area contributed by atoms with Crippen molar-refractivity contribution in [2.75, 3.05) is 0 Å². The van der Waals surface area contributed by atoms with E-state index >= 15 is 0 Å². The highest BCUT2D eigenvalue weighted by Gasteiger charge is 2.33. The Balaban J connectivity index is 1.54. The third kappa shape index (κ3) is 4.23. The summed E-state index contributed by atoms with van der Waals surface area (Å²) in [7, 11) is 0. The molecule has 0 aliphatic heterocycles. The first-order chi connectivity index (χ1) is 15.6. The zero-order valence-corrected chi connectivity index (χ0v) is 18.9. The van der Waals surface area contributed by atoms with Gasteiger partial charge in [-0.25, -0.2) is 0 Å². The summed E-state index contributed by atoms with van der Waals surface area (Å²) in [6.07, 6.45) is 5.74. The molecule has 6 heteroatoms. The van der Waals surface area contributed by atoms with Gasteiger partial charge in [-0.3, -0.25) is 14.3 Å². The van der Waals surface area contributed by atoms with Crippen LogP contribution >= 0.6 is 11.8 Å². The largest absolute Gasteiger partial charge is 0.299 e. The summed E-state index contributed by atoms with van der Waals surface area (Å²) in [5.74, 6) is 0.914. The molecule has 1 fully saturated rings. The van der Waals surface area contributed by atoms with Crippen molar-refractivity contribution in [3.8, 4) is 11.4 Å². The van der Waals surface area contributed by atoms with Crippen molar-refractivity contribution in [3.63, 3.8) is 0 Å². The molecule has 0 N–H and O–H groups in total. The van der Waals surface area contributed by atoms with Crippen LogP contribution in [0.2, 0.25) is 0 Å². The highest BCUT2D eigenvalue weighted by Crippen LogP contribution is 2.44. The molecule has 0 saturated heterocycles. The summed E-state index contributed by atoms with van der Waals surface area (Å²) < 4.78 is 2.20. The summed E-state index contributed by atoms with van der Waals surface area (Å²) in [5.41, 5.74) is 4.98. The second-order valence-corrected chi connectivity index (χ2v) is 9.35. The number of aryl methyl sites for hydroxylation is 2. The zero-order chi connectivity index (χ0) is 22.1. The maximum absolute atomic E-state index is 13.6. The Hall–Kier alpha value is -3.25. The van der Waals surface area contributed by atoms with Crippen molar-refractivity contribution < 1.29 is 4.79 Å². The number of hydrogen-bond donors (Lipinski definition) is 0. The van der Waals surface area contributed by atoms with Gasteiger partial charge >= 0.3 is 0 Å². The average Bonchev–Trinajstić information content (AvgIpc) is 3.58. The van der Waals surface area contributed by atoms with Crippen LogP contribution in [0.4, 0.5) is 0 Å². The quantitative estimate of drug-likeness (QED) is 0.260. The van der Waals surface area contributed by atoms with Gasteiger partial charge in [-0.2, -0.15) is 0 Å². The molecule has 1 aliphatic carbocycles. The van der Waals surface area contributed by atoms with Crippen molar-refractivity contribution in [2.45, 2.75) is 43.1 Å². The maximum atomic E-state index is 13.6. The van der Waals surface area contributed by atoms with E-state index in [9.17, 15) is 4.79 Å². The number of thioether (sulfide) groups is 1. The van der Waals surface area contributed by atoms with Gasteiger partial charge in [0.1, 0.15) is 5.25 Å². The molecule has 5 rings (SSSR count). The van der Waals surface area contributed by atoms with Crippen LogP contribution in [0, 0.1) is 13.8 Å². The summed E-state index contributed by atoms with van der Waals surface area (Å²) in [5, 5.41) is 9.42. The van der Waals surface area contributed by atoms with E-state index in [-0.39, 0.29) is 5.78 Å². The van der Waals surface area contributed by atoms with Gasteiger partial charge in [0.05, 0.1) is 0 Å². The summed E-state index contributed by atoms with van der Waals surface area (Å²) in [6, 6.07) is 20.3. The smallest absolute Gasteiger partial charge is 0.192 e. The highest BCUT2D eigenvalue weighted by molar-refractivity contribution is 8.00. The van der Waals surface area contributed by atoms with Crippen LogP contribution in [0.15, 0.2) is 78.2 Å². The Morgan fingerprint density at radius 3 is 2.16 bits per heavy atom. The van der Waals surface area contributed by atoms with Gasteiger partial charge in [-0.1, -0.05) is 71.4 Å². The number of benzene rings is 2. The van der Waals surface area contributed by atoms with E-state index < -0.39 is 5.25 Å². The summed E-state index contributed by atoms with van der Waals surface area (Å²) >= 11 is 1.49. The minimum absolute atomic E-state index is 0.0784. The van der Waals surface area contributed by atoms with Gasteiger partial charge in [0, 0.05) is 29.6 Å². The SMILES string of the molecule is Cc1ccc(C(=O)C(Sc2nnc(-c3ccncc3)n2C2CC2)c2ccc(C)cc2)cc1. The molecule has 1 saturated carbocycles. The lowest BCUT2D eigenvalue weighted by molar-refractivity contribution is 0.0989. The molecule has 4 aromatic rings. The molecule has 0 amide bonds. The lowest BCUT2D eigenvalue weighted by Gasteiger charge is -2.17. The molecular formula is C26H24N4OS. The number of Topliss-reactive ketones (excluding diaryl/α,β-unsaturated/α-hetero) is 1. The van der Waals surface area contributed by atoms with Crippen LogP contribution in [-0.4, -0.2) is 25.5 Å². The molecule has 160 valence electrons. The number of hydrogen-bond acceptors (Lipinski definition) is 5. The van der Waals surface area contributed by atoms with Crippen LogP contribution in [0.1, 0.15) is 51.2 Å². The molecule has 2 aromatic carbocycles. The van der Waals surface area contributed by atoms with Crippen molar-refractivity contribution in [1.29, 1.82) is 0 Å². The Labute approximate surface area is 191 Å². The van der Waals surface area contributed by atoms with E-state index in [1.165, 1.54) is 17.3 Å². The van der Waals surface area contributed by atoms with E-state index in [0.717, 1.165) is 40.5 Å². The van der Waals surface area contributed by atoms with Crippen molar-refractivity contribution in [1.82, 2.24) is 19.7 Å². The number of rotatable bonds is 7. The van der Waals surface area contributed by atoms with Gasteiger partial charge in [-0.15, -0.1) is 10.2 Å². The van der Waals surface area contributed by atoms with Crippen LogP contribution in [0.5, 0.6) is 0 Å². The molecule has 2 heterocycles. The summed E-state index contributed by atoms with van der Waals surface area (Å²) in [4.78, 5) is 17.8. The molecule has 0 spiro atoms. The lowest BCUT2D eigenvalue weighted by Crippen LogP contribution is -2.11. The van der Waals surface area contributed by atoms with E-state index in [1.807, 2.05) is 55.5 Å². The number of aromatic nitrogens is 4. The normalized spacial score (nSPS) is 14.3. The molecular weight excluding hydrogens is 416 g/mol. The Morgan fingerprint density at radius 1 is 0.906 bits per heavy atom. The second-order valence-electron chi connectivity index (χ2n) is 8.28. The van der Waals surface area contributed by atoms with Gasteiger partial charge in [0.25, 0.3) is 0 Å². The first-order valence-electron chi connectivity index (χ1n) is 10.8. The van der Waals surface area contributed by atoms with Crippen LogP contribution < -0.4 is 0 Å². The maximum Gasteiger partial charge on any atom is 0.192 e. The standard InChI is InChI=1S/C26H24N4OS/c1-17-3-7-19(8-4-17)23(31)24(20-9-5-18(2)6-10-20)32-26-29-28-25(30(26)22-11-12-22)21-13-15-27-16-14-21/h3-10,13-16,22,24H,11-12H2,1-2H3. The van der Waals surface area contributed by atoms with Crippen LogP contribution in [0.25, 0.3) is 11.4 Å². The molecule has 2 aromatic heterocycles. The molecule has 1 aliphatic rings.